The topological polar surface area (TPSA) is 107 Å². The summed E-state index contributed by atoms with van der Waals surface area (Å²) < 4.78 is 19.6. The molecule has 6 atom stereocenters. The van der Waals surface area contributed by atoms with Crippen LogP contribution < -0.4 is 14.7 Å². The van der Waals surface area contributed by atoms with Crippen LogP contribution in [0.25, 0.3) is 0 Å². The van der Waals surface area contributed by atoms with Gasteiger partial charge in [0.15, 0.2) is 0 Å². The van der Waals surface area contributed by atoms with Gasteiger partial charge >= 0.3 is 0 Å². The summed E-state index contributed by atoms with van der Waals surface area (Å²) in [6.45, 7) is 4.57. The Balaban J connectivity index is 1.18. The van der Waals surface area contributed by atoms with Crippen molar-refractivity contribution in [2.45, 2.75) is 25.7 Å². The average molecular weight is 670 g/mol. The second-order valence-corrected chi connectivity index (χ2v) is 13.9. The number of benzene rings is 3. The first-order chi connectivity index (χ1) is 23.1. The number of carbonyl (C=O) groups excluding carboxylic acids is 4. The molecule has 246 valence electrons. The number of hydrogen-bond donors (Lipinski definition) is 1. The number of phenols is 1. The molecule has 48 heavy (non-hydrogen) atoms. The molecular formula is C37H33ClFN3O6. The molecule has 11 heteroatoms. The molecule has 9 nitrogen and oxygen atoms in total. The van der Waals surface area contributed by atoms with Crippen LogP contribution in [0.5, 0.6) is 5.75 Å². The highest BCUT2D eigenvalue weighted by molar-refractivity contribution is 6.32. The van der Waals surface area contributed by atoms with Gasteiger partial charge < -0.3 is 14.7 Å². The normalized spacial score (nSPS) is 29.9. The fraction of sp³-hybridized carbons (Fsp3) is 0.351. The number of imide groups is 2. The van der Waals surface area contributed by atoms with Crippen LogP contribution in [-0.2, 0) is 23.9 Å². The molecular weight excluding hydrogens is 637 g/mol. The van der Waals surface area contributed by atoms with Crippen LogP contribution in [-0.4, -0.2) is 55.0 Å². The molecule has 0 spiro atoms. The van der Waals surface area contributed by atoms with Gasteiger partial charge in [-0.25, -0.2) is 9.29 Å². The van der Waals surface area contributed by atoms with Crippen molar-refractivity contribution in [3.63, 3.8) is 0 Å². The SMILES string of the molecule is CC12C(=O)N(c3ccc(F)c(Cl)c3)C(=O)C1CC1C(=CCC3C(=O)N(c4ccc(N5CCOCC5)cc4)C(=O)C31)C2c1ccc(O)cc1. The van der Waals surface area contributed by atoms with E-state index >= 15 is 0 Å². The average Bonchev–Trinajstić information content (AvgIpc) is 3.46. The number of allylic oxidation sites excluding steroid dienone is 2. The Labute approximate surface area is 281 Å². The molecule has 3 saturated heterocycles. The molecule has 3 aliphatic heterocycles. The molecule has 8 rings (SSSR count). The third-order valence-corrected chi connectivity index (χ3v) is 11.4. The predicted octanol–water partition coefficient (Wildman–Crippen LogP) is 5.46. The van der Waals surface area contributed by atoms with Crippen LogP contribution in [0.2, 0.25) is 5.02 Å². The van der Waals surface area contributed by atoms with Crippen molar-refractivity contribution >= 4 is 52.3 Å². The Morgan fingerprint density at radius 1 is 0.833 bits per heavy atom. The molecule has 6 unspecified atom stereocenters. The molecule has 1 saturated carbocycles. The van der Waals surface area contributed by atoms with E-state index in [1.807, 2.05) is 18.2 Å². The van der Waals surface area contributed by atoms with E-state index in [4.69, 9.17) is 16.3 Å². The largest absolute Gasteiger partial charge is 0.508 e. The van der Waals surface area contributed by atoms with Crippen LogP contribution in [0.4, 0.5) is 21.5 Å². The summed E-state index contributed by atoms with van der Waals surface area (Å²) in [6, 6.07) is 17.7. The lowest BCUT2D eigenvalue weighted by atomic mass is 9.51. The minimum atomic E-state index is -1.26. The van der Waals surface area contributed by atoms with Crippen LogP contribution in [0.3, 0.4) is 0 Å². The number of hydrogen-bond acceptors (Lipinski definition) is 7. The maximum atomic E-state index is 14.5. The summed E-state index contributed by atoms with van der Waals surface area (Å²) >= 11 is 6.08. The smallest absolute Gasteiger partial charge is 0.241 e. The first kappa shape index (κ1) is 30.8. The third kappa shape index (κ3) is 4.45. The maximum absolute atomic E-state index is 14.5. The lowest BCUT2D eigenvalue weighted by Gasteiger charge is -2.49. The summed E-state index contributed by atoms with van der Waals surface area (Å²) in [7, 11) is 0. The minimum absolute atomic E-state index is 0.0498. The number of aromatic hydroxyl groups is 1. The number of halogens is 2. The second-order valence-electron chi connectivity index (χ2n) is 13.5. The Kier molecular flexibility index (Phi) is 7.23. The molecule has 4 amide bonds. The number of morpholine rings is 1. The van der Waals surface area contributed by atoms with Crippen molar-refractivity contribution in [2.75, 3.05) is 41.0 Å². The maximum Gasteiger partial charge on any atom is 0.241 e. The van der Waals surface area contributed by atoms with Gasteiger partial charge in [-0.05, 0) is 85.8 Å². The quantitative estimate of drug-likeness (QED) is 0.291. The van der Waals surface area contributed by atoms with E-state index in [-0.39, 0.29) is 34.7 Å². The van der Waals surface area contributed by atoms with Gasteiger partial charge in [0.1, 0.15) is 11.6 Å². The van der Waals surface area contributed by atoms with Crippen LogP contribution in [0.1, 0.15) is 31.2 Å². The molecule has 5 aliphatic rings. The number of carbonyl (C=O) groups is 4. The number of fused-ring (bicyclic) bond motifs is 4. The van der Waals surface area contributed by atoms with E-state index in [0.29, 0.717) is 30.9 Å². The Bertz CT molecular complexity index is 1890. The highest BCUT2D eigenvalue weighted by Gasteiger charge is 2.67. The lowest BCUT2D eigenvalue weighted by Crippen LogP contribution is -2.48. The number of nitrogens with zero attached hydrogens (tertiary/aromatic N) is 3. The van der Waals surface area contributed by atoms with Crippen molar-refractivity contribution in [3.8, 4) is 5.75 Å². The predicted molar refractivity (Wildman–Crippen MR) is 176 cm³/mol. The molecule has 0 bridgehead atoms. The van der Waals surface area contributed by atoms with Crippen LogP contribution in [0, 0.1) is 34.9 Å². The molecule has 4 fully saturated rings. The third-order valence-electron chi connectivity index (χ3n) is 11.1. The van der Waals surface area contributed by atoms with Crippen molar-refractivity contribution in [1.82, 2.24) is 0 Å². The zero-order valence-corrected chi connectivity index (χ0v) is 26.9. The summed E-state index contributed by atoms with van der Waals surface area (Å²) in [5, 5.41) is 9.89. The zero-order valence-electron chi connectivity index (χ0n) is 26.1. The molecule has 3 aromatic carbocycles. The van der Waals surface area contributed by atoms with E-state index < -0.39 is 52.6 Å². The fourth-order valence-corrected chi connectivity index (χ4v) is 9.00. The number of amides is 4. The second kappa shape index (κ2) is 11.3. The van der Waals surface area contributed by atoms with Crippen LogP contribution >= 0.6 is 11.6 Å². The standard InChI is InChI=1S/C37H33ClFN3O6/c1-37-28(34(45)42(36(37)47)23-8-13-30(39)29(38)18-23)19-27-25(32(37)20-2-9-24(43)10-3-20)11-12-26-31(27)35(46)41(33(26)44)22-6-4-21(5-7-22)40-14-16-48-17-15-40/h2-11,13,18,26-28,31-32,43H,12,14-17,19H2,1H3. The monoisotopic (exact) mass is 669 g/mol. The first-order valence-corrected chi connectivity index (χ1v) is 16.6. The van der Waals surface area contributed by atoms with Crippen molar-refractivity contribution in [2.24, 2.45) is 29.1 Å². The first-order valence-electron chi connectivity index (χ1n) is 16.2. The van der Waals surface area contributed by atoms with Gasteiger partial charge in [-0.2, -0.15) is 0 Å². The molecule has 2 aliphatic carbocycles. The molecule has 0 radical (unpaired) electrons. The summed E-state index contributed by atoms with van der Waals surface area (Å²) in [4.78, 5) is 61.6. The van der Waals surface area contributed by atoms with Gasteiger partial charge in [0.25, 0.3) is 0 Å². The van der Waals surface area contributed by atoms with E-state index in [2.05, 4.69) is 4.90 Å². The van der Waals surface area contributed by atoms with E-state index in [0.717, 1.165) is 35.3 Å². The van der Waals surface area contributed by atoms with Crippen molar-refractivity contribution in [3.05, 3.63) is 94.8 Å². The van der Waals surface area contributed by atoms with Crippen LogP contribution in [0.15, 0.2) is 78.4 Å². The van der Waals surface area contributed by atoms with Gasteiger partial charge in [0.2, 0.25) is 23.6 Å². The van der Waals surface area contributed by atoms with E-state index in [1.54, 1.807) is 31.2 Å². The van der Waals surface area contributed by atoms with Gasteiger partial charge in [-0.15, -0.1) is 0 Å². The number of anilines is 3. The van der Waals surface area contributed by atoms with E-state index in [1.165, 1.54) is 29.2 Å². The molecule has 0 aromatic heterocycles. The Morgan fingerprint density at radius 2 is 1.50 bits per heavy atom. The van der Waals surface area contributed by atoms with Crippen molar-refractivity contribution in [1.29, 1.82) is 0 Å². The Morgan fingerprint density at radius 3 is 2.19 bits per heavy atom. The van der Waals surface area contributed by atoms with Gasteiger partial charge in [-0.1, -0.05) is 35.4 Å². The van der Waals surface area contributed by atoms with Gasteiger partial charge in [0, 0.05) is 24.7 Å². The minimum Gasteiger partial charge on any atom is -0.508 e. The molecule has 3 aromatic rings. The van der Waals surface area contributed by atoms with Gasteiger partial charge in [-0.3, -0.25) is 24.1 Å². The summed E-state index contributed by atoms with van der Waals surface area (Å²) in [6.07, 6.45) is 2.49. The summed E-state index contributed by atoms with van der Waals surface area (Å²) in [5.41, 5.74) is 1.95. The Hall–Kier alpha value is -4.54. The lowest BCUT2D eigenvalue weighted by molar-refractivity contribution is -0.131. The summed E-state index contributed by atoms with van der Waals surface area (Å²) in [5.74, 6) is -5.36. The fourth-order valence-electron chi connectivity index (χ4n) is 8.82. The van der Waals surface area contributed by atoms with Gasteiger partial charge in [0.05, 0.1) is 52.8 Å². The molecule has 1 N–H and O–H groups in total. The molecule has 3 heterocycles. The number of phenolic OH excluding ortho intramolecular Hbond substituents is 1. The highest BCUT2D eigenvalue weighted by Crippen LogP contribution is 2.63. The zero-order chi connectivity index (χ0) is 33.5. The van der Waals surface area contributed by atoms with E-state index in [9.17, 15) is 28.7 Å². The number of rotatable bonds is 4. The number of ether oxygens (including phenoxy) is 1. The highest BCUT2D eigenvalue weighted by atomic mass is 35.5. The van der Waals surface area contributed by atoms with Crippen molar-refractivity contribution < 1.29 is 33.4 Å².